The summed E-state index contributed by atoms with van der Waals surface area (Å²) in [6, 6.07) is -0.976. The highest BCUT2D eigenvalue weighted by Gasteiger charge is 2.40. The molecule has 0 aromatic rings. The van der Waals surface area contributed by atoms with E-state index in [1.807, 2.05) is 0 Å². The number of aliphatic hydroxyl groups excluding tert-OH is 1. The lowest BCUT2D eigenvalue weighted by Crippen LogP contribution is -2.34. The molecule has 0 aliphatic heterocycles. The SMILES string of the molecule is N[C@@H](CO)COC(=O)C(F)(F)F. The third-order valence-electron chi connectivity index (χ3n) is 0.894. The van der Waals surface area contributed by atoms with Gasteiger partial charge in [0, 0.05) is 0 Å². The monoisotopic (exact) mass is 187 g/mol. The van der Waals surface area contributed by atoms with Gasteiger partial charge in [-0.3, -0.25) is 0 Å². The van der Waals surface area contributed by atoms with Crippen LogP contribution in [0.15, 0.2) is 0 Å². The molecule has 4 nitrogen and oxygen atoms in total. The number of rotatable bonds is 3. The number of aliphatic hydroxyl groups is 1. The summed E-state index contributed by atoms with van der Waals surface area (Å²) in [6.45, 7) is -1.18. The van der Waals surface area contributed by atoms with Crippen LogP contribution in [0, 0.1) is 0 Å². The summed E-state index contributed by atoms with van der Waals surface area (Å²) in [6.07, 6.45) is -5.00. The van der Waals surface area contributed by atoms with E-state index in [0.717, 1.165) is 0 Å². The number of hydrogen-bond acceptors (Lipinski definition) is 4. The molecule has 3 N–H and O–H groups in total. The summed E-state index contributed by atoms with van der Waals surface area (Å²) in [7, 11) is 0. The average molecular weight is 187 g/mol. The third kappa shape index (κ3) is 4.14. The Balaban J connectivity index is 3.73. The van der Waals surface area contributed by atoms with Gasteiger partial charge in [-0.15, -0.1) is 0 Å². The van der Waals surface area contributed by atoms with Crippen LogP contribution in [0.2, 0.25) is 0 Å². The van der Waals surface area contributed by atoms with E-state index in [0.29, 0.717) is 0 Å². The Morgan fingerprint density at radius 3 is 2.42 bits per heavy atom. The van der Waals surface area contributed by atoms with E-state index < -0.39 is 31.4 Å². The highest BCUT2D eigenvalue weighted by molar-refractivity contribution is 5.75. The normalized spacial score (nSPS) is 14.1. The maximum Gasteiger partial charge on any atom is 0.490 e. The average Bonchev–Trinajstić information content (AvgIpc) is 1.97. The van der Waals surface area contributed by atoms with Crippen LogP contribution >= 0.6 is 0 Å². The molecule has 0 aliphatic carbocycles. The second kappa shape index (κ2) is 4.27. The summed E-state index contributed by atoms with van der Waals surface area (Å²) in [5.41, 5.74) is 4.97. The van der Waals surface area contributed by atoms with Gasteiger partial charge in [0.25, 0.3) is 0 Å². The molecule has 1 atom stereocenters. The van der Waals surface area contributed by atoms with Crippen LogP contribution < -0.4 is 5.73 Å². The van der Waals surface area contributed by atoms with Crippen molar-refractivity contribution in [2.24, 2.45) is 5.73 Å². The number of alkyl halides is 3. The summed E-state index contributed by atoms with van der Waals surface area (Å²) in [4.78, 5) is 10.0. The zero-order chi connectivity index (χ0) is 9.78. The molecule has 0 amide bonds. The van der Waals surface area contributed by atoms with E-state index in [2.05, 4.69) is 4.74 Å². The highest BCUT2D eigenvalue weighted by Crippen LogP contribution is 2.16. The largest absolute Gasteiger partial charge is 0.490 e. The Labute approximate surface area is 66.1 Å². The van der Waals surface area contributed by atoms with Crippen molar-refractivity contribution in [1.82, 2.24) is 0 Å². The first-order valence-corrected chi connectivity index (χ1v) is 2.98. The predicted molar refractivity (Wildman–Crippen MR) is 32.1 cm³/mol. The Hall–Kier alpha value is -0.820. The van der Waals surface area contributed by atoms with Gasteiger partial charge in [0.05, 0.1) is 12.6 Å². The lowest BCUT2D eigenvalue weighted by molar-refractivity contribution is -0.200. The molecule has 12 heavy (non-hydrogen) atoms. The lowest BCUT2D eigenvalue weighted by Gasteiger charge is -2.10. The minimum absolute atomic E-state index is 0.537. The maximum absolute atomic E-state index is 11.4. The third-order valence-corrected chi connectivity index (χ3v) is 0.894. The molecule has 0 rings (SSSR count). The lowest BCUT2D eigenvalue weighted by atomic mass is 10.4. The summed E-state index contributed by atoms with van der Waals surface area (Å²) >= 11 is 0. The van der Waals surface area contributed by atoms with Crippen molar-refractivity contribution in [2.75, 3.05) is 13.2 Å². The molecule has 0 saturated carbocycles. The van der Waals surface area contributed by atoms with Crippen molar-refractivity contribution in [1.29, 1.82) is 0 Å². The van der Waals surface area contributed by atoms with Crippen LogP contribution in [0.25, 0.3) is 0 Å². The van der Waals surface area contributed by atoms with Gasteiger partial charge in [-0.2, -0.15) is 13.2 Å². The minimum atomic E-state index is -5.00. The molecule has 0 aromatic carbocycles. The van der Waals surface area contributed by atoms with E-state index in [4.69, 9.17) is 10.8 Å². The smallest absolute Gasteiger partial charge is 0.457 e. The molecule has 7 heteroatoms. The molecular weight excluding hydrogens is 179 g/mol. The van der Waals surface area contributed by atoms with E-state index in [1.165, 1.54) is 0 Å². The van der Waals surface area contributed by atoms with Crippen molar-refractivity contribution in [3.05, 3.63) is 0 Å². The molecule has 0 radical (unpaired) electrons. The fourth-order valence-corrected chi connectivity index (χ4v) is 0.317. The first-order chi connectivity index (χ1) is 5.38. The molecule has 0 spiro atoms. The van der Waals surface area contributed by atoms with Crippen LogP contribution in [0.4, 0.5) is 13.2 Å². The summed E-state index contributed by atoms with van der Waals surface area (Å²) < 4.78 is 38.0. The van der Waals surface area contributed by atoms with Gasteiger partial charge in [-0.1, -0.05) is 0 Å². The van der Waals surface area contributed by atoms with E-state index in [-0.39, 0.29) is 0 Å². The van der Waals surface area contributed by atoms with Gasteiger partial charge < -0.3 is 15.6 Å². The van der Waals surface area contributed by atoms with Crippen LogP contribution in [-0.4, -0.2) is 36.5 Å². The van der Waals surface area contributed by atoms with Crippen molar-refractivity contribution >= 4 is 5.97 Å². The Morgan fingerprint density at radius 1 is 1.58 bits per heavy atom. The van der Waals surface area contributed by atoms with Crippen LogP contribution in [0.1, 0.15) is 0 Å². The summed E-state index contributed by atoms with van der Waals surface area (Å²) in [5.74, 6) is -2.30. The zero-order valence-corrected chi connectivity index (χ0v) is 5.97. The fourth-order valence-electron chi connectivity index (χ4n) is 0.317. The fraction of sp³-hybridized carbons (Fsp3) is 0.800. The van der Waals surface area contributed by atoms with Gasteiger partial charge in [0.15, 0.2) is 0 Å². The molecule has 72 valence electrons. The van der Waals surface area contributed by atoms with Crippen molar-refractivity contribution in [3.63, 3.8) is 0 Å². The minimum Gasteiger partial charge on any atom is -0.457 e. The predicted octanol–water partition coefficient (Wildman–Crippen LogP) is -0.589. The molecule has 0 unspecified atom stereocenters. The molecule has 0 saturated heterocycles. The summed E-state index contributed by atoms with van der Waals surface area (Å²) in [5, 5.41) is 8.25. The van der Waals surface area contributed by atoms with Crippen molar-refractivity contribution in [3.8, 4) is 0 Å². The highest BCUT2D eigenvalue weighted by atomic mass is 19.4. The van der Waals surface area contributed by atoms with Gasteiger partial charge in [-0.05, 0) is 0 Å². The number of ether oxygens (including phenoxy) is 1. The molecule has 0 bridgehead atoms. The molecule has 0 fully saturated rings. The first kappa shape index (κ1) is 11.2. The first-order valence-electron chi connectivity index (χ1n) is 2.98. The molecule has 0 aliphatic rings. The zero-order valence-electron chi connectivity index (χ0n) is 5.97. The number of hydrogen-bond donors (Lipinski definition) is 2. The Bertz CT molecular complexity index is 159. The topological polar surface area (TPSA) is 72.6 Å². The maximum atomic E-state index is 11.4. The number of carbonyl (C=O) groups excluding carboxylic acids is 1. The van der Waals surface area contributed by atoms with Crippen LogP contribution in [-0.2, 0) is 9.53 Å². The molecule has 0 heterocycles. The molecular formula is C5H8F3NO3. The van der Waals surface area contributed by atoms with E-state index >= 15 is 0 Å². The Kier molecular flexibility index (Phi) is 3.98. The number of esters is 1. The second-order valence-corrected chi connectivity index (χ2v) is 2.04. The number of nitrogens with two attached hydrogens (primary N) is 1. The quantitative estimate of drug-likeness (QED) is 0.579. The Morgan fingerprint density at radius 2 is 2.08 bits per heavy atom. The second-order valence-electron chi connectivity index (χ2n) is 2.04. The number of halogens is 3. The van der Waals surface area contributed by atoms with Crippen LogP contribution in [0.5, 0.6) is 0 Å². The van der Waals surface area contributed by atoms with Gasteiger partial charge in [0.1, 0.15) is 6.61 Å². The number of carbonyl (C=O) groups is 1. The van der Waals surface area contributed by atoms with Gasteiger partial charge in [-0.25, -0.2) is 4.79 Å². The standard InChI is InChI=1S/C5H8F3NO3/c6-5(7,8)4(11)12-2-3(9)1-10/h3,10H,1-2,9H2/t3-/m0/s1. The van der Waals surface area contributed by atoms with Crippen molar-refractivity contribution < 1.29 is 27.8 Å². The van der Waals surface area contributed by atoms with Crippen LogP contribution in [0.3, 0.4) is 0 Å². The van der Waals surface area contributed by atoms with E-state index in [9.17, 15) is 18.0 Å². The molecule has 0 aromatic heterocycles. The van der Waals surface area contributed by atoms with Gasteiger partial charge in [0.2, 0.25) is 0 Å². The van der Waals surface area contributed by atoms with Crippen molar-refractivity contribution in [2.45, 2.75) is 12.2 Å². The van der Waals surface area contributed by atoms with Gasteiger partial charge >= 0.3 is 12.1 Å². The van der Waals surface area contributed by atoms with E-state index in [1.54, 1.807) is 0 Å².